The maximum absolute atomic E-state index is 12.9. The highest BCUT2D eigenvalue weighted by atomic mass is 19.1. The van der Waals surface area contributed by atoms with E-state index >= 15 is 0 Å². The second-order valence-corrected chi connectivity index (χ2v) is 6.92. The second-order valence-electron chi connectivity index (χ2n) is 6.92. The molecule has 1 aromatic heterocycles. The van der Waals surface area contributed by atoms with E-state index in [1.54, 1.807) is 17.9 Å². The molecule has 1 amide bonds. The van der Waals surface area contributed by atoms with Crippen molar-refractivity contribution in [2.24, 2.45) is 0 Å². The first-order valence-electron chi connectivity index (χ1n) is 9.58. The standard InChI is InChI=1S/C23H20FNO5/c1-15(22(26)25-13-12-16-4-2-3-5-20(16)25)29-23(27)21-11-10-19(30-21)14-28-18-8-6-17(24)7-9-18/h2-11,15H,12-14H2,1H3/t15-/m0/s1. The predicted molar refractivity (Wildman–Crippen MR) is 107 cm³/mol. The Labute approximate surface area is 172 Å². The number of carbonyl (C=O) groups is 2. The Kier molecular flexibility index (Phi) is 5.52. The van der Waals surface area contributed by atoms with Crippen LogP contribution in [-0.4, -0.2) is 24.5 Å². The van der Waals surface area contributed by atoms with Crippen LogP contribution in [0.15, 0.2) is 65.1 Å². The van der Waals surface area contributed by atoms with E-state index in [2.05, 4.69) is 0 Å². The van der Waals surface area contributed by atoms with Crippen molar-refractivity contribution in [1.29, 1.82) is 0 Å². The van der Waals surface area contributed by atoms with E-state index in [1.165, 1.54) is 30.3 Å². The SMILES string of the molecule is C[C@H](OC(=O)c1ccc(COc2ccc(F)cc2)o1)C(=O)N1CCc2ccccc21. The molecule has 1 aliphatic rings. The lowest BCUT2D eigenvalue weighted by Crippen LogP contribution is -2.39. The molecular formula is C23H20FNO5. The van der Waals surface area contributed by atoms with Crippen molar-refractivity contribution in [2.45, 2.75) is 26.1 Å². The summed E-state index contributed by atoms with van der Waals surface area (Å²) in [7, 11) is 0. The van der Waals surface area contributed by atoms with Crippen LogP contribution in [-0.2, 0) is 22.6 Å². The number of hydrogen-bond donors (Lipinski definition) is 0. The van der Waals surface area contributed by atoms with Gasteiger partial charge in [0, 0.05) is 12.2 Å². The minimum atomic E-state index is -0.951. The summed E-state index contributed by atoms with van der Waals surface area (Å²) in [5, 5.41) is 0. The highest BCUT2D eigenvalue weighted by Gasteiger charge is 2.30. The highest BCUT2D eigenvalue weighted by molar-refractivity contribution is 6.00. The number of hydrogen-bond acceptors (Lipinski definition) is 5. The van der Waals surface area contributed by atoms with Crippen LogP contribution in [0.4, 0.5) is 10.1 Å². The number of anilines is 1. The number of rotatable bonds is 6. The zero-order valence-corrected chi connectivity index (χ0v) is 16.3. The molecule has 154 valence electrons. The van der Waals surface area contributed by atoms with E-state index in [0.717, 1.165) is 17.7 Å². The van der Waals surface area contributed by atoms with Gasteiger partial charge in [-0.05, 0) is 61.4 Å². The molecule has 0 spiro atoms. The zero-order valence-electron chi connectivity index (χ0n) is 16.3. The molecular weight excluding hydrogens is 389 g/mol. The molecule has 2 aromatic carbocycles. The molecule has 3 aromatic rings. The summed E-state index contributed by atoms with van der Waals surface area (Å²) in [6, 6.07) is 16.3. The average molecular weight is 409 g/mol. The number of halogens is 1. The first kappa shape index (κ1) is 19.7. The zero-order chi connectivity index (χ0) is 21.1. The third kappa shape index (κ3) is 4.20. The Morgan fingerprint density at radius 2 is 1.87 bits per heavy atom. The molecule has 7 heteroatoms. The summed E-state index contributed by atoms with van der Waals surface area (Å²) in [5.74, 6) is -0.502. The van der Waals surface area contributed by atoms with Gasteiger partial charge in [-0.2, -0.15) is 0 Å². The summed E-state index contributed by atoms with van der Waals surface area (Å²) in [4.78, 5) is 26.7. The first-order valence-corrected chi connectivity index (χ1v) is 9.58. The van der Waals surface area contributed by atoms with Crippen molar-refractivity contribution < 1.29 is 27.9 Å². The number of amides is 1. The van der Waals surface area contributed by atoms with E-state index in [4.69, 9.17) is 13.9 Å². The molecule has 0 N–H and O–H groups in total. The van der Waals surface area contributed by atoms with Crippen LogP contribution in [0, 0.1) is 5.82 Å². The molecule has 30 heavy (non-hydrogen) atoms. The van der Waals surface area contributed by atoms with Gasteiger partial charge in [0.25, 0.3) is 5.91 Å². The van der Waals surface area contributed by atoms with Gasteiger partial charge in [-0.1, -0.05) is 18.2 Å². The van der Waals surface area contributed by atoms with Crippen LogP contribution < -0.4 is 9.64 Å². The molecule has 0 fully saturated rings. The number of esters is 1. The molecule has 2 heterocycles. The average Bonchev–Trinajstić information content (AvgIpc) is 3.40. The number of furan rings is 1. The van der Waals surface area contributed by atoms with Gasteiger partial charge in [0.15, 0.2) is 6.10 Å². The van der Waals surface area contributed by atoms with Gasteiger partial charge < -0.3 is 18.8 Å². The summed E-state index contributed by atoms with van der Waals surface area (Å²) in [5.41, 5.74) is 1.95. The maximum Gasteiger partial charge on any atom is 0.375 e. The Morgan fingerprint density at radius 3 is 2.67 bits per heavy atom. The Balaban J connectivity index is 1.34. The van der Waals surface area contributed by atoms with Crippen molar-refractivity contribution in [3.8, 4) is 5.75 Å². The van der Waals surface area contributed by atoms with Gasteiger partial charge in [0.1, 0.15) is 23.9 Å². The van der Waals surface area contributed by atoms with E-state index in [9.17, 15) is 14.0 Å². The van der Waals surface area contributed by atoms with Crippen LogP contribution in [0.5, 0.6) is 5.75 Å². The topological polar surface area (TPSA) is 69.0 Å². The van der Waals surface area contributed by atoms with Crippen LogP contribution in [0.2, 0.25) is 0 Å². The molecule has 0 radical (unpaired) electrons. The number of para-hydroxylation sites is 1. The van der Waals surface area contributed by atoms with E-state index in [-0.39, 0.29) is 24.1 Å². The van der Waals surface area contributed by atoms with E-state index in [0.29, 0.717) is 18.1 Å². The molecule has 1 atom stereocenters. The van der Waals surface area contributed by atoms with Gasteiger partial charge in [-0.3, -0.25) is 4.79 Å². The lowest BCUT2D eigenvalue weighted by molar-refractivity contribution is -0.126. The van der Waals surface area contributed by atoms with Crippen molar-refractivity contribution in [2.75, 3.05) is 11.4 Å². The first-order chi connectivity index (χ1) is 14.5. The van der Waals surface area contributed by atoms with Crippen molar-refractivity contribution in [1.82, 2.24) is 0 Å². The van der Waals surface area contributed by atoms with Gasteiger partial charge in [-0.15, -0.1) is 0 Å². The number of carbonyl (C=O) groups excluding carboxylic acids is 2. The van der Waals surface area contributed by atoms with Crippen molar-refractivity contribution in [3.05, 3.63) is 83.6 Å². The Morgan fingerprint density at radius 1 is 1.10 bits per heavy atom. The molecule has 4 rings (SSSR count). The second kappa shape index (κ2) is 8.41. The predicted octanol–water partition coefficient (Wildman–Crippen LogP) is 4.13. The smallest absolute Gasteiger partial charge is 0.375 e. The largest absolute Gasteiger partial charge is 0.486 e. The molecule has 6 nitrogen and oxygen atoms in total. The van der Waals surface area contributed by atoms with Gasteiger partial charge in [0.2, 0.25) is 5.76 Å². The van der Waals surface area contributed by atoms with Crippen LogP contribution in [0.25, 0.3) is 0 Å². The Hall–Kier alpha value is -3.61. The lowest BCUT2D eigenvalue weighted by atomic mass is 10.2. The summed E-state index contributed by atoms with van der Waals surface area (Å²) >= 11 is 0. The normalized spacial score (nSPS) is 13.6. The van der Waals surface area contributed by atoms with Gasteiger partial charge in [0.05, 0.1) is 0 Å². The number of benzene rings is 2. The minimum absolute atomic E-state index is 0.0193. The van der Waals surface area contributed by atoms with Crippen LogP contribution in [0.3, 0.4) is 0 Å². The summed E-state index contributed by atoms with van der Waals surface area (Å²) in [6.07, 6.45) is -0.175. The third-order valence-electron chi connectivity index (χ3n) is 4.84. The van der Waals surface area contributed by atoms with Crippen molar-refractivity contribution >= 4 is 17.6 Å². The number of nitrogens with zero attached hydrogens (tertiary/aromatic N) is 1. The molecule has 1 aliphatic heterocycles. The van der Waals surface area contributed by atoms with Gasteiger partial charge >= 0.3 is 5.97 Å². The number of fused-ring (bicyclic) bond motifs is 1. The number of ether oxygens (including phenoxy) is 2. The van der Waals surface area contributed by atoms with Crippen LogP contribution >= 0.6 is 0 Å². The summed E-state index contributed by atoms with van der Waals surface area (Å²) < 4.78 is 29.2. The van der Waals surface area contributed by atoms with Crippen molar-refractivity contribution in [3.63, 3.8) is 0 Å². The fourth-order valence-electron chi connectivity index (χ4n) is 3.31. The fourth-order valence-corrected chi connectivity index (χ4v) is 3.31. The maximum atomic E-state index is 12.9. The quantitative estimate of drug-likeness (QED) is 0.573. The highest BCUT2D eigenvalue weighted by Crippen LogP contribution is 2.28. The minimum Gasteiger partial charge on any atom is -0.486 e. The van der Waals surface area contributed by atoms with E-state index < -0.39 is 12.1 Å². The molecule has 0 saturated heterocycles. The lowest BCUT2D eigenvalue weighted by Gasteiger charge is -2.21. The van der Waals surface area contributed by atoms with Gasteiger partial charge in [-0.25, -0.2) is 9.18 Å². The molecule has 0 saturated carbocycles. The molecule has 0 unspecified atom stereocenters. The summed E-state index contributed by atoms with van der Waals surface area (Å²) in [6.45, 7) is 2.17. The molecule has 0 aliphatic carbocycles. The Bertz CT molecular complexity index is 1060. The molecule has 0 bridgehead atoms. The fraction of sp³-hybridized carbons (Fsp3) is 0.217. The monoisotopic (exact) mass is 409 g/mol. The van der Waals surface area contributed by atoms with E-state index in [1.807, 2.05) is 24.3 Å². The third-order valence-corrected chi connectivity index (χ3v) is 4.84. The van der Waals surface area contributed by atoms with Crippen LogP contribution in [0.1, 0.15) is 28.8 Å².